The largest absolute Gasteiger partial charge is 0.357 e. The van der Waals surface area contributed by atoms with Crippen LogP contribution in [0.25, 0.3) is 5.65 Å². The van der Waals surface area contributed by atoms with E-state index in [4.69, 9.17) is 0 Å². The fourth-order valence-electron chi connectivity index (χ4n) is 2.11. The number of carbonyl (C=O) groups is 1. The fraction of sp³-hybridized carbons (Fsp3) is 0.529. The molecule has 0 saturated carbocycles. The predicted octanol–water partition coefficient (Wildman–Crippen LogP) is 1.56. The number of fused-ring (bicyclic) bond motifs is 1. The van der Waals surface area contributed by atoms with Crippen LogP contribution in [0.5, 0.6) is 0 Å². The highest BCUT2D eigenvalue weighted by Gasteiger charge is 2.20. The Hall–Kier alpha value is -1.91. The molecule has 0 unspecified atom stereocenters. The van der Waals surface area contributed by atoms with E-state index in [0.29, 0.717) is 25.6 Å². The normalized spacial score (nSPS) is 11.8. The molecule has 0 atom stereocenters. The topological polar surface area (TPSA) is 95.7 Å². The molecule has 144 valence electrons. The van der Waals surface area contributed by atoms with Crippen LogP contribution in [0.4, 0.5) is 0 Å². The Morgan fingerprint density at radius 3 is 2.58 bits per heavy atom. The number of guanidine groups is 1. The molecule has 2 aromatic heterocycles. The van der Waals surface area contributed by atoms with E-state index in [1.54, 1.807) is 0 Å². The van der Waals surface area contributed by atoms with Crippen molar-refractivity contribution in [2.75, 3.05) is 19.6 Å². The first-order valence-corrected chi connectivity index (χ1v) is 8.51. The van der Waals surface area contributed by atoms with Crippen LogP contribution in [0.1, 0.15) is 33.5 Å². The predicted molar refractivity (Wildman–Crippen MR) is 114 cm³/mol. The van der Waals surface area contributed by atoms with Crippen molar-refractivity contribution in [2.24, 2.45) is 10.4 Å². The summed E-state index contributed by atoms with van der Waals surface area (Å²) in [7, 11) is 0. The minimum atomic E-state index is -0.382. The Bertz CT molecular complexity index is 736. The van der Waals surface area contributed by atoms with Crippen molar-refractivity contribution in [3.63, 3.8) is 0 Å². The molecule has 0 aliphatic rings. The quantitative estimate of drug-likeness (QED) is 0.256. The third-order valence-corrected chi connectivity index (χ3v) is 3.49. The van der Waals surface area contributed by atoms with Gasteiger partial charge in [-0.15, -0.1) is 34.2 Å². The van der Waals surface area contributed by atoms with Gasteiger partial charge >= 0.3 is 0 Å². The molecule has 26 heavy (non-hydrogen) atoms. The minimum absolute atomic E-state index is 0. The lowest BCUT2D eigenvalue weighted by Gasteiger charge is -2.18. The van der Waals surface area contributed by atoms with Crippen LogP contribution < -0.4 is 16.0 Å². The monoisotopic (exact) mass is 473 g/mol. The van der Waals surface area contributed by atoms with Gasteiger partial charge in [0.15, 0.2) is 17.4 Å². The second-order valence-corrected chi connectivity index (χ2v) is 6.67. The van der Waals surface area contributed by atoms with Crippen molar-refractivity contribution >= 4 is 41.5 Å². The van der Waals surface area contributed by atoms with Gasteiger partial charge in [0.2, 0.25) is 5.91 Å². The van der Waals surface area contributed by atoms with Crippen LogP contribution >= 0.6 is 24.0 Å². The first kappa shape index (κ1) is 22.1. The number of pyridine rings is 1. The molecule has 0 fully saturated rings. The van der Waals surface area contributed by atoms with E-state index < -0.39 is 0 Å². The Kier molecular flexibility index (Phi) is 8.76. The van der Waals surface area contributed by atoms with Gasteiger partial charge in [0, 0.05) is 31.2 Å². The molecule has 1 amide bonds. The average Bonchev–Trinajstić information content (AvgIpc) is 2.98. The molecule has 0 aromatic carbocycles. The summed E-state index contributed by atoms with van der Waals surface area (Å²) >= 11 is 0. The number of aromatic nitrogens is 3. The summed E-state index contributed by atoms with van der Waals surface area (Å²) in [5.74, 6) is 1.49. The maximum absolute atomic E-state index is 11.8. The van der Waals surface area contributed by atoms with Gasteiger partial charge in [-0.3, -0.25) is 9.20 Å². The van der Waals surface area contributed by atoms with Crippen molar-refractivity contribution in [3.05, 3.63) is 30.2 Å². The highest BCUT2D eigenvalue weighted by atomic mass is 127. The van der Waals surface area contributed by atoms with Crippen LogP contribution in [-0.4, -0.2) is 46.1 Å². The Labute approximate surface area is 171 Å². The zero-order valence-electron chi connectivity index (χ0n) is 15.7. The van der Waals surface area contributed by atoms with E-state index in [-0.39, 0.29) is 35.3 Å². The lowest BCUT2D eigenvalue weighted by Crippen LogP contribution is -2.43. The SMILES string of the molecule is CCNC(=NCc1nnc2ccccn12)NCCNC(=O)C(C)(C)C.I. The third kappa shape index (κ3) is 6.43. The fourth-order valence-corrected chi connectivity index (χ4v) is 2.11. The van der Waals surface area contributed by atoms with Crippen molar-refractivity contribution in [1.82, 2.24) is 30.5 Å². The number of nitrogens with one attached hydrogen (secondary N) is 3. The summed E-state index contributed by atoms with van der Waals surface area (Å²) in [5, 5.41) is 17.6. The van der Waals surface area contributed by atoms with Crippen LogP contribution in [0, 0.1) is 5.41 Å². The molecule has 2 rings (SSSR count). The Balaban J connectivity index is 0.00000338. The van der Waals surface area contributed by atoms with Gasteiger partial charge in [-0.05, 0) is 19.1 Å². The molecule has 9 heteroatoms. The van der Waals surface area contributed by atoms with E-state index >= 15 is 0 Å². The van der Waals surface area contributed by atoms with E-state index in [2.05, 4.69) is 31.1 Å². The molecular weight excluding hydrogens is 445 g/mol. The molecule has 0 spiro atoms. The highest BCUT2D eigenvalue weighted by molar-refractivity contribution is 14.0. The van der Waals surface area contributed by atoms with Crippen molar-refractivity contribution < 1.29 is 4.79 Å². The molecule has 3 N–H and O–H groups in total. The van der Waals surface area contributed by atoms with Crippen molar-refractivity contribution in [2.45, 2.75) is 34.2 Å². The summed E-state index contributed by atoms with van der Waals surface area (Å²) in [5.41, 5.74) is 0.420. The van der Waals surface area contributed by atoms with Gasteiger partial charge in [-0.1, -0.05) is 26.8 Å². The summed E-state index contributed by atoms with van der Waals surface area (Å²) < 4.78 is 1.91. The molecule has 0 aliphatic carbocycles. The molecule has 0 aliphatic heterocycles. The number of carbonyl (C=O) groups excluding carboxylic acids is 1. The van der Waals surface area contributed by atoms with E-state index in [1.807, 2.05) is 56.5 Å². The first-order valence-electron chi connectivity index (χ1n) is 8.51. The van der Waals surface area contributed by atoms with Gasteiger partial charge in [-0.25, -0.2) is 4.99 Å². The Morgan fingerprint density at radius 1 is 1.15 bits per heavy atom. The summed E-state index contributed by atoms with van der Waals surface area (Å²) in [4.78, 5) is 16.4. The number of aliphatic imine (C=N–C) groups is 1. The molecular formula is C17H28IN7O. The second kappa shape index (κ2) is 10.3. The summed E-state index contributed by atoms with van der Waals surface area (Å²) in [6.07, 6.45) is 1.92. The zero-order valence-corrected chi connectivity index (χ0v) is 18.1. The number of hydrogen-bond acceptors (Lipinski definition) is 4. The van der Waals surface area contributed by atoms with Gasteiger partial charge in [0.1, 0.15) is 6.54 Å². The van der Waals surface area contributed by atoms with E-state index in [1.165, 1.54) is 0 Å². The van der Waals surface area contributed by atoms with Crippen molar-refractivity contribution in [1.29, 1.82) is 0 Å². The van der Waals surface area contributed by atoms with Gasteiger partial charge in [0.25, 0.3) is 0 Å². The zero-order chi connectivity index (χ0) is 18.3. The van der Waals surface area contributed by atoms with E-state index in [9.17, 15) is 4.79 Å². The molecule has 0 saturated heterocycles. The lowest BCUT2D eigenvalue weighted by atomic mass is 9.96. The van der Waals surface area contributed by atoms with Crippen LogP contribution in [-0.2, 0) is 11.3 Å². The lowest BCUT2D eigenvalue weighted by molar-refractivity contribution is -0.128. The van der Waals surface area contributed by atoms with Gasteiger partial charge in [-0.2, -0.15) is 0 Å². The van der Waals surface area contributed by atoms with Gasteiger partial charge < -0.3 is 16.0 Å². The molecule has 2 heterocycles. The standard InChI is InChI=1S/C17H27N7O.HI/c1-5-18-16(20-10-9-19-15(25)17(2,3)4)21-12-14-23-22-13-8-6-7-11-24(13)14;/h6-8,11H,5,9-10,12H2,1-4H3,(H,19,25)(H2,18,20,21);1H. The number of halogens is 1. The van der Waals surface area contributed by atoms with Gasteiger partial charge in [0.05, 0.1) is 0 Å². The number of hydrogen-bond donors (Lipinski definition) is 3. The van der Waals surface area contributed by atoms with Crippen LogP contribution in [0.15, 0.2) is 29.4 Å². The Morgan fingerprint density at radius 2 is 1.88 bits per heavy atom. The second-order valence-electron chi connectivity index (χ2n) is 6.67. The van der Waals surface area contributed by atoms with Crippen molar-refractivity contribution in [3.8, 4) is 0 Å². The number of amides is 1. The third-order valence-electron chi connectivity index (χ3n) is 3.49. The maximum atomic E-state index is 11.8. The molecule has 0 radical (unpaired) electrons. The van der Waals surface area contributed by atoms with Crippen LogP contribution in [0.2, 0.25) is 0 Å². The van der Waals surface area contributed by atoms with E-state index in [0.717, 1.165) is 18.0 Å². The molecule has 8 nitrogen and oxygen atoms in total. The smallest absolute Gasteiger partial charge is 0.225 e. The highest BCUT2D eigenvalue weighted by Crippen LogP contribution is 2.11. The number of nitrogens with zero attached hydrogens (tertiary/aromatic N) is 4. The minimum Gasteiger partial charge on any atom is -0.357 e. The maximum Gasteiger partial charge on any atom is 0.225 e. The summed E-state index contributed by atoms with van der Waals surface area (Å²) in [6.45, 7) is 9.97. The average molecular weight is 473 g/mol. The molecule has 0 bridgehead atoms. The number of rotatable bonds is 6. The molecule has 2 aromatic rings. The summed E-state index contributed by atoms with van der Waals surface area (Å²) in [6, 6.07) is 5.76. The first-order chi connectivity index (χ1) is 11.9. The van der Waals surface area contributed by atoms with Crippen LogP contribution in [0.3, 0.4) is 0 Å².